The summed E-state index contributed by atoms with van der Waals surface area (Å²) in [6.07, 6.45) is 0. The molecule has 180 valence electrons. The summed E-state index contributed by atoms with van der Waals surface area (Å²) in [4.78, 5) is 29.9. The van der Waals surface area contributed by atoms with Crippen molar-refractivity contribution in [2.45, 2.75) is 13.8 Å². The number of methoxy groups -OCH3 is 1. The maximum Gasteiger partial charge on any atom is 0.341 e. The number of furan rings is 1. The third kappa shape index (κ3) is 5.26. The second-order valence-electron chi connectivity index (χ2n) is 7.97. The fourth-order valence-electron chi connectivity index (χ4n) is 4.02. The monoisotopic (exact) mass is 483 g/mol. The minimum Gasteiger partial charge on any atom is -0.495 e. The van der Waals surface area contributed by atoms with E-state index in [1.54, 1.807) is 14.0 Å². The van der Waals surface area contributed by atoms with Gasteiger partial charge in [-0.15, -0.1) is 11.3 Å². The summed E-state index contributed by atoms with van der Waals surface area (Å²) in [5.41, 5.74) is 2.01. The van der Waals surface area contributed by atoms with Gasteiger partial charge in [0.15, 0.2) is 0 Å². The van der Waals surface area contributed by atoms with Crippen LogP contribution in [0.15, 0.2) is 46.2 Å². The highest BCUT2D eigenvalue weighted by atomic mass is 32.1. The van der Waals surface area contributed by atoms with Crippen LogP contribution in [0.2, 0.25) is 0 Å². The number of anilines is 2. The van der Waals surface area contributed by atoms with Gasteiger partial charge in [0.05, 0.1) is 25.9 Å². The predicted molar refractivity (Wildman–Crippen MR) is 133 cm³/mol. The second-order valence-corrected chi connectivity index (χ2v) is 8.85. The lowest BCUT2D eigenvalue weighted by molar-refractivity contribution is -0.117. The fraction of sp³-hybridized carbons (Fsp3) is 0.360. The van der Waals surface area contributed by atoms with Crippen LogP contribution in [0.3, 0.4) is 0 Å². The van der Waals surface area contributed by atoms with Gasteiger partial charge in [0.25, 0.3) is 0 Å². The van der Waals surface area contributed by atoms with Gasteiger partial charge in [0.2, 0.25) is 5.91 Å². The number of thiophene rings is 1. The van der Waals surface area contributed by atoms with E-state index < -0.39 is 5.97 Å². The number of hydrogen-bond donors (Lipinski definition) is 1. The van der Waals surface area contributed by atoms with Crippen LogP contribution in [0, 0.1) is 6.92 Å². The van der Waals surface area contributed by atoms with E-state index in [4.69, 9.17) is 13.9 Å². The molecular formula is C25H29N3O5S. The molecule has 0 atom stereocenters. The van der Waals surface area contributed by atoms with Gasteiger partial charge >= 0.3 is 5.97 Å². The van der Waals surface area contributed by atoms with E-state index in [2.05, 4.69) is 15.1 Å². The molecule has 1 fully saturated rings. The second kappa shape index (κ2) is 10.8. The highest BCUT2D eigenvalue weighted by molar-refractivity contribution is 7.15. The summed E-state index contributed by atoms with van der Waals surface area (Å²) in [7, 11) is 1.67. The summed E-state index contributed by atoms with van der Waals surface area (Å²) in [6.45, 7) is 7.17. The number of aryl methyl sites for hydroxylation is 1. The Morgan fingerprint density at radius 1 is 1.12 bits per heavy atom. The molecule has 0 unspecified atom stereocenters. The molecule has 9 heteroatoms. The zero-order valence-corrected chi connectivity index (χ0v) is 20.4. The van der Waals surface area contributed by atoms with E-state index in [1.807, 2.05) is 48.7 Å². The van der Waals surface area contributed by atoms with Gasteiger partial charge in [0.1, 0.15) is 27.8 Å². The number of esters is 1. The van der Waals surface area contributed by atoms with E-state index >= 15 is 0 Å². The quantitative estimate of drug-likeness (QED) is 0.479. The van der Waals surface area contributed by atoms with E-state index in [0.717, 1.165) is 43.4 Å². The topological polar surface area (TPSA) is 84.2 Å². The van der Waals surface area contributed by atoms with Gasteiger partial charge in [0, 0.05) is 37.1 Å². The molecule has 0 aliphatic carbocycles. The molecule has 1 saturated heterocycles. The molecule has 2 aromatic heterocycles. The molecule has 4 rings (SSSR count). The maximum atomic E-state index is 12.9. The van der Waals surface area contributed by atoms with Crippen molar-refractivity contribution >= 4 is 33.9 Å². The third-order valence-corrected chi connectivity index (χ3v) is 6.59. The predicted octanol–water partition coefficient (Wildman–Crippen LogP) is 4.26. The minimum absolute atomic E-state index is 0.166. The number of nitrogens with one attached hydrogen (secondary N) is 1. The Morgan fingerprint density at radius 2 is 1.88 bits per heavy atom. The van der Waals surface area contributed by atoms with Crippen molar-refractivity contribution in [2.75, 3.05) is 56.7 Å². The molecule has 34 heavy (non-hydrogen) atoms. The largest absolute Gasteiger partial charge is 0.495 e. The Kier molecular flexibility index (Phi) is 7.54. The molecule has 0 saturated carbocycles. The Bertz CT molecular complexity index is 1150. The summed E-state index contributed by atoms with van der Waals surface area (Å²) in [5, 5.41) is 5.20. The zero-order chi connectivity index (χ0) is 24.1. The number of amides is 1. The molecule has 0 radical (unpaired) electrons. The van der Waals surface area contributed by atoms with E-state index in [1.165, 1.54) is 11.3 Å². The first-order chi connectivity index (χ1) is 16.5. The lowest BCUT2D eigenvalue weighted by atomic mass is 10.1. The van der Waals surface area contributed by atoms with E-state index in [0.29, 0.717) is 21.9 Å². The number of hydrogen-bond acceptors (Lipinski definition) is 8. The molecule has 8 nitrogen and oxygen atoms in total. The van der Waals surface area contributed by atoms with Crippen molar-refractivity contribution in [3.05, 3.63) is 53.1 Å². The number of piperazine rings is 1. The number of benzene rings is 1. The van der Waals surface area contributed by atoms with Crippen molar-refractivity contribution in [1.82, 2.24) is 4.90 Å². The molecule has 3 aromatic rings. The van der Waals surface area contributed by atoms with Crippen molar-refractivity contribution in [3.8, 4) is 17.1 Å². The number of rotatable bonds is 8. The first-order valence-electron chi connectivity index (χ1n) is 11.3. The smallest absolute Gasteiger partial charge is 0.341 e. The van der Waals surface area contributed by atoms with Crippen LogP contribution in [0.25, 0.3) is 11.3 Å². The van der Waals surface area contributed by atoms with E-state index in [9.17, 15) is 9.59 Å². The van der Waals surface area contributed by atoms with Crippen molar-refractivity contribution in [2.24, 2.45) is 0 Å². The van der Waals surface area contributed by atoms with Crippen LogP contribution in [-0.2, 0) is 9.53 Å². The molecule has 1 amide bonds. The maximum absolute atomic E-state index is 12.9. The zero-order valence-electron chi connectivity index (χ0n) is 19.6. The van der Waals surface area contributed by atoms with Crippen LogP contribution >= 0.6 is 11.3 Å². The van der Waals surface area contributed by atoms with Gasteiger partial charge in [-0.2, -0.15) is 0 Å². The van der Waals surface area contributed by atoms with Gasteiger partial charge in [-0.1, -0.05) is 12.1 Å². The summed E-state index contributed by atoms with van der Waals surface area (Å²) >= 11 is 1.29. The first-order valence-corrected chi connectivity index (χ1v) is 12.1. The highest BCUT2D eigenvalue weighted by Gasteiger charge is 2.26. The number of nitrogens with zero attached hydrogens (tertiary/aromatic N) is 2. The number of carbonyl (C=O) groups excluding carboxylic acids is 2. The standard InChI is InChI=1S/C25H29N3O5S/c1-4-32-25(30)23-18(20-10-9-17(2)33-20)16-34-24(23)26-22(29)15-27-11-13-28(14-12-27)19-7-5-6-8-21(19)31-3/h5-10,16H,4,11-15H2,1-3H3,(H,26,29). The summed E-state index contributed by atoms with van der Waals surface area (Å²) < 4.78 is 16.4. The van der Waals surface area contributed by atoms with Gasteiger partial charge in [-0.25, -0.2) is 4.79 Å². The molecule has 0 bridgehead atoms. The summed E-state index contributed by atoms with van der Waals surface area (Å²) in [5.74, 6) is 1.52. The average Bonchev–Trinajstić information content (AvgIpc) is 3.45. The van der Waals surface area contributed by atoms with Crippen LogP contribution in [-0.4, -0.2) is 63.2 Å². The Balaban J connectivity index is 1.40. The number of carbonyl (C=O) groups is 2. The number of para-hydroxylation sites is 2. The lowest BCUT2D eigenvalue weighted by Crippen LogP contribution is -2.48. The first kappa shape index (κ1) is 23.8. The van der Waals surface area contributed by atoms with Crippen molar-refractivity contribution in [1.29, 1.82) is 0 Å². The van der Waals surface area contributed by atoms with Crippen LogP contribution in [0.1, 0.15) is 23.0 Å². The van der Waals surface area contributed by atoms with Gasteiger partial charge < -0.3 is 24.1 Å². The number of ether oxygens (including phenoxy) is 2. The molecule has 1 aliphatic heterocycles. The van der Waals surface area contributed by atoms with Crippen LogP contribution < -0.4 is 15.0 Å². The van der Waals surface area contributed by atoms with Crippen molar-refractivity contribution in [3.63, 3.8) is 0 Å². The van der Waals surface area contributed by atoms with Crippen LogP contribution in [0.4, 0.5) is 10.7 Å². The fourth-order valence-corrected chi connectivity index (χ4v) is 4.98. The highest BCUT2D eigenvalue weighted by Crippen LogP contribution is 2.37. The Hall–Kier alpha value is -3.30. The van der Waals surface area contributed by atoms with Crippen molar-refractivity contribution < 1.29 is 23.5 Å². The molecule has 1 aliphatic rings. The average molecular weight is 484 g/mol. The normalized spacial score (nSPS) is 14.1. The molecule has 1 N–H and O–H groups in total. The molecular weight excluding hydrogens is 454 g/mol. The van der Waals surface area contributed by atoms with Gasteiger partial charge in [-0.3, -0.25) is 9.69 Å². The summed E-state index contributed by atoms with van der Waals surface area (Å²) in [6, 6.07) is 11.6. The molecule has 1 aromatic carbocycles. The lowest BCUT2D eigenvalue weighted by Gasteiger charge is -2.36. The molecule has 0 spiro atoms. The molecule has 3 heterocycles. The van der Waals surface area contributed by atoms with E-state index in [-0.39, 0.29) is 19.1 Å². The Morgan fingerprint density at radius 3 is 2.56 bits per heavy atom. The SMILES string of the molecule is CCOC(=O)c1c(-c2ccc(C)o2)csc1NC(=O)CN1CCN(c2ccccc2OC)CC1. The van der Waals surface area contributed by atoms with Crippen LogP contribution in [0.5, 0.6) is 5.75 Å². The third-order valence-electron chi connectivity index (χ3n) is 5.69. The Labute approximate surface area is 203 Å². The minimum atomic E-state index is -0.478. The van der Waals surface area contributed by atoms with Gasteiger partial charge in [-0.05, 0) is 38.1 Å².